The van der Waals surface area contributed by atoms with Crippen LogP contribution in [0.1, 0.15) is 13.3 Å². The van der Waals surface area contributed by atoms with Crippen molar-refractivity contribution in [1.29, 1.82) is 0 Å². The molecule has 8 heavy (non-hydrogen) atoms. The van der Waals surface area contributed by atoms with E-state index in [2.05, 4.69) is 10.2 Å². The van der Waals surface area contributed by atoms with Crippen molar-refractivity contribution in [2.24, 2.45) is 10.2 Å². The van der Waals surface area contributed by atoms with Crippen LogP contribution in [0.5, 0.6) is 0 Å². The third kappa shape index (κ3) is 1.02. The van der Waals surface area contributed by atoms with Crippen molar-refractivity contribution in [1.82, 2.24) is 0 Å². The predicted molar refractivity (Wildman–Crippen MR) is 25.5 cm³/mol. The number of carboxylic acids is 1. The minimum absolute atomic E-state index is 0.0208. The Hall–Kier alpha value is -0.930. The molecule has 44 valence electrons. The fraction of sp³-hybridized carbons (Fsp3) is 0.750. The molecule has 1 rings (SSSR count). The second-order valence-corrected chi connectivity index (χ2v) is 1.99. The molecule has 0 fully saturated rings. The van der Waals surface area contributed by atoms with Gasteiger partial charge in [0.1, 0.15) is 0 Å². The Balaban J connectivity index is 2.31. The lowest BCUT2D eigenvalue weighted by atomic mass is 10.2. The molecule has 1 aliphatic heterocycles. The van der Waals surface area contributed by atoms with E-state index in [1.165, 1.54) is 0 Å². The second-order valence-electron chi connectivity index (χ2n) is 1.99. The number of hydrogen-bond donors (Lipinski definition) is 1. The maximum Gasteiger partial charge on any atom is 0.307 e. The van der Waals surface area contributed by atoms with Gasteiger partial charge in [-0.2, -0.15) is 10.2 Å². The first kappa shape index (κ1) is 5.21. The molecule has 0 atom stereocenters. The Kier molecular flexibility index (Phi) is 0.829. The summed E-state index contributed by atoms with van der Waals surface area (Å²) in [5, 5.41) is 15.2. The molecule has 0 aromatic heterocycles. The highest BCUT2D eigenvalue weighted by Crippen LogP contribution is 2.30. The van der Waals surface area contributed by atoms with Crippen molar-refractivity contribution in [2.45, 2.75) is 19.0 Å². The summed E-state index contributed by atoms with van der Waals surface area (Å²) in [4.78, 5) is 9.93. The van der Waals surface area contributed by atoms with Crippen molar-refractivity contribution in [2.75, 3.05) is 0 Å². The number of carboxylic acid groups (broad SMARTS) is 1. The lowest BCUT2D eigenvalue weighted by Crippen LogP contribution is -2.10. The molecule has 0 saturated heterocycles. The first-order chi connectivity index (χ1) is 3.62. The fourth-order valence-corrected chi connectivity index (χ4v) is 0.443. The van der Waals surface area contributed by atoms with Crippen LogP contribution in [0.2, 0.25) is 0 Å². The van der Waals surface area contributed by atoms with Crippen LogP contribution >= 0.6 is 0 Å². The number of aliphatic carboxylic acids is 1. The molecule has 0 radical (unpaired) electrons. The van der Waals surface area contributed by atoms with Crippen molar-refractivity contribution in [3.05, 3.63) is 0 Å². The van der Waals surface area contributed by atoms with Gasteiger partial charge in [0, 0.05) is 0 Å². The van der Waals surface area contributed by atoms with Gasteiger partial charge >= 0.3 is 5.97 Å². The molecule has 4 nitrogen and oxygen atoms in total. The van der Waals surface area contributed by atoms with Crippen LogP contribution in [0, 0.1) is 0 Å². The summed E-state index contributed by atoms with van der Waals surface area (Å²) >= 11 is 0. The van der Waals surface area contributed by atoms with E-state index in [1.54, 1.807) is 6.92 Å². The van der Waals surface area contributed by atoms with E-state index in [1.807, 2.05) is 0 Å². The monoisotopic (exact) mass is 114 g/mol. The van der Waals surface area contributed by atoms with Crippen molar-refractivity contribution in [3.63, 3.8) is 0 Å². The maximum atomic E-state index is 9.93. The predicted octanol–water partition coefficient (Wildman–Crippen LogP) is 0.643. The Morgan fingerprint density at radius 3 is 2.38 bits per heavy atom. The quantitative estimate of drug-likeness (QED) is 0.572. The summed E-state index contributed by atoms with van der Waals surface area (Å²) in [6.45, 7) is 1.68. The molecule has 0 aliphatic carbocycles. The zero-order valence-electron chi connectivity index (χ0n) is 4.46. The Morgan fingerprint density at radius 1 is 1.75 bits per heavy atom. The van der Waals surface area contributed by atoms with Crippen LogP contribution in [0.3, 0.4) is 0 Å². The molecule has 0 aromatic carbocycles. The topological polar surface area (TPSA) is 62.0 Å². The van der Waals surface area contributed by atoms with Crippen molar-refractivity contribution >= 4 is 5.97 Å². The van der Waals surface area contributed by atoms with Gasteiger partial charge < -0.3 is 5.11 Å². The maximum absolute atomic E-state index is 9.93. The molecular weight excluding hydrogens is 108 g/mol. The van der Waals surface area contributed by atoms with E-state index < -0.39 is 11.6 Å². The smallest absolute Gasteiger partial charge is 0.307 e. The zero-order chi connectivity index (χ0) is 6.20. The van der Waals surface area contributed by atoms with E-state index in [0.29, 0.717) is 0 Å². The zero-order valence-corrected chi connectivity index (χ0v) is 4.46. The molecule has 4 heteroatoms. The second kappa shape index (κ2) is 1.27. The molecule has 0 saturated carbocycles. The fourth-order valence-electron chi connectivity index (χ4n) is 0.443. The highest BCUT2D eigenvalue weighted by Gasteiger charge is 2.36. The van der Waals surface area contributed by atoms with E-state index in [9.17, 15) is 4.79 Å². The summed E-state index contributed by atoms with van der Waals surface area (Å²) in [5.41, 5.74) is -0.578. The Labute approximate surface area is 46.2 Å². The van der Waals surface area contributed by atoms with Crippen LogP contribution in [-0.4, -0.2) is 16.7 Å². The highest BCUT2D eigenvalue weighted by atomic mass is 16.4. The van der Waals surface area contributed by atoms with Gasteiger partial charge in [-0.1, -0.05) is 0 Å². The standard InChI is InChI=1S/C4H6N2O2/c1-4(5-6-4)2-3(7)8/h2H2,1H3,(H,7,8). The minimum atomic E-state index is -0.850. The summed E-state index contributed by atoms with van der Waals surface area (Å²) in [6, 6.07) is 0. The molecular formula is C4H6N2O2. The summed E-state index contributed by atoms with van der Waals surface area (Å²) in [5.74, 6) is -0.850. The summed E-state index contributed by atoms with van der Waals surface area (Å²) in [6.07, 6.45) is 0.0208. The van der Waals surface area contributed by atoms with E-state index in [0.717, 1.165) is 0 Å². The average molecular weight is 114 g/mol. The van der Waals surface area contributed by atoms with E-state index in [-0.39, 0.29) is 6.42 Å². The van der Waals surface area contributed by atoms with E-state index >= 15 is 0 Å². The van der Waals surface area contributed by atoms with Gasteiger partial charge in [-0.15, -0.1) is 0 Å². The van der Waals surface area contributed by atoms with Gasteiger partial charge in [0.25, 0.3) is 0 Å². The van der Waals surface area contributed by atoms with Crippen molar-refractivity contribution < 1.29 is 9.90 Å². The third-order valence-corrected chi connectivity index (χ3v) is 0.928. The minimum Gasteiger partial charge on any atom is -0.481 e. The van der Waals surface area contributed by atoms with Gasteiger partial charge in [0.05, 0.1) is 6.42 Å². The lowest BCUT2D eigenvalue weighted by Gasteiger charge is -1.93. The number of carbonyl (C=O) groups is 1. The summed E-state index contributed by atoms with van der Waals surface area (Å²) < 4.78 is 0. The normalized spacial score (nSPS) is 20.6. The highest BCUT2D eigenvalue weighted by molar-refractivity contribution is 5.68. The van der Waals surface area contributed by atoms with Gasteiger partial charge in [0.15, 0.2) is 5.66 Å². The molecule has 0 spiro atoms. The number of nitrogens with zero attached hydrogens (tertiary/aromatic N) is 2. The van der Waals surface area contributed by atoms with Gasteiger partial charge in [-0.25, -0.2) is 0 Å². The first-order valence-corrected chi connectivity index (χ1v) is 2.28. The lowest BCUT2D eigenvalue weighted by molar-refractivity contribution is -0.137. The molecule has 0 amide bonds. The van der Waals surface area contributed by atoms with Crippen LogP contribution in [-0.2, 0) is 4.79 Å². The molecule has 1 heterocycles. The van der Waals surface area contributed by atoms with E-state index in [4.69, 9.17) is 5.11 Å². The molecule has 1 N–H and O–H groups in total. The number of hydrogen-bond acceptors (Lipinski definition) is 3. The first-order valence-electron chi connectivity index (χ1n) is 2.28. The van der Waals surface area contributed by atoms with Crippen molar-refractivity contribution in [3.8, 4) is 0 Å². The molecule has 0 aromatic rings. The summed E-state index contributed by atoms with van der Waals surface area (Å²) in [7, 11) is 0. The molecule has 1 aliphatic rings. The third-order valence-electron chi connectivity index (χ3n) is 0.928. The van der Waals surface area contributed by atoms with Crippen LogP contribution in [0.15, 0.2) is 10.2 Å². The van der Waals surface area contributed by atoms with Crippen LogP contribution in [0.25, 0.3) is 0 Å². The number of rotatable bonds is 2. The molecule has 0 unspecified atom stereocenters. The average Bonchev–Trinajstić information content (AvgIpc) is 2.17. The Bertz CT molecular complexity index is 146. The SMILES string of the molecule is CC1(CC(=O)O)N=N1. The molecule has 0 bridgehead atoms. The van der Waals surface area contributed by atoms with Gasteiger partial charge in [-0.3, -0.25) is 4.79 Å². The van der Waals surface area contributed by atoms with Crippen LogP contribution < -0.4 is 0 Å². The largest absolute Gasteiger partial charge is 0.481 e. The van der Waals surface area contributed by atoms with Gasteiger partial charge in [-0.05, 0) is 6.92 Å². The van der Waals surface area contributed by atoms with Crippen LogP contribution in [0.4, 0.5) is 0 Å². The Morgan fingerprint density at radius 2 is 2.25 bits per heavy atom. The van der Waals surface area contributed by atoms with Gasteiger partial charge in [0.2, 0.25) is 0 Å².